The van der Waals surface area contributed by atoms with E-state index < -0.39 is 79.1 Å². The second-order valence-corrected chi connectivity index (χ2v) is 21.3. The molecule has 66 heavy (non-hydrogen) atoms. The molecule has 384 valence electrons. The maximum absolute atomic E-state index is 12.1. The first-order valence-electron chi connectivity index (χ1n) is 25.4. The number of piperidine rings is 1. The van der Waals surface area contributed by atoms with Crippen LogP contribution < -0.4 is 0 Å². The number of rotatable bonds is 6. The predicted molar refractivity (Wildman–Crippen MR) is 255 cm³/mol. The first-order chi connectivity index (χ1) is 31.2. The zero-order chi connectivity index (χ0) is 48.9. The van der Waals surface area contributed by atoms with Crippen molar-refractivity contribution in [2.45, 2.75) is 224 Å². The van der Waals surface area contributed by atoms with E-state index in [1.807, 2.05) is 58.9 Å². The van der Waals surface area contributed by atoms with Gasteiger partial charge >= 0.3 is 0 Å². The number of fused-ring (bicyclic) bond motifs is 3. The third kappa shape index (κ3) is 15.6. The van der Waals surface area contributed by atoms with Crippen LogP contribution >= 0.6 is 0 Å². The van der Waals surface area contributed by atoms with Crippen molar-refractivity contribution in [1.82, 2.24) is 4.90 Å². The van der Waals surface area contributed by atoms with Gasteiger partial charge in [0.15, 0.2) is 12.1 Å². The molecule has 0 amide bonds. The Bertz CT molecular complexity index is 1480. The van der Waals surface area contributed by atoms with Crippen LogP contribution in [-0.2, 0) is 23.7 Å². The molecule has 0 radical (unpaired) electrons. The fourth-order valence-electron chi connectivity index (χ4n) is 11.3. The summed E-state index contributed by atoms with van der Waals surface area (Å²) in [4.78, 5) is 1.62. The molecule has 1 saturated carbocycles. The van der Waals surface area contributed by atoms with Crippen LogP contribution in [0.1, 0.15) is 138 Å². The second kappa shape index (κ2) is 27.3. The summed E-state index contributed by atoms with van der Waals surface area (Å²) in [6.45, 7) is 14.1. The normalized spacial score (nSPS) is 44.8. The van der Waals surface area contributed by atoms with Gasteiger partial charge in [0.2, 0.25) is 0 Å². The molecular weight excluding hydrogens is 847 g/mol. The molecule has 0 aromatic carbocycles. The largest absolute Gasteiger partial charge is 0.393 e. The lowest BCUT2D eigenvalue weighted by Gasteiger charge is -2.49. The highest BCUT2D eigenvalue weighted by molar-refractivity contribution is 5.18. The Hall–Kier alpha value is -1.34. The molecule has 4 aliphatic rings. The molecule has 8 N–H and O–H groups in total. The first kappa shape index (κ1) is 57.2. The Morgan fingerprint density at radius 1 is 0.727 bits per heavy atom. The van der Waals surface area contributed by atoms with Crippen LogP contribution in [0.25, 0.3) is 0 Å². The van der Waals surface area contributed by atoms with Crippen LogP contribution in [0, 0.1) is 41.4 Å². The molecule has 21 atom stereocenters. The summed E-state index contributed by atoms with van der Waals surface area (Å²) < 4.78 is 30.3. The molecular formula is C52H93NO13. The average Bonchev–Trinajstić information content (AvgIpc) is 3.30. The summed E-state index contributed by atoms with van der Waals surface area (Å²) in [5.41, 5.74) is 0.963. The van der Waals surface area contributed by atoms with E-state index in [0.717, 1.165) is 31.3 Å². The summed E-state index contributed by atoms with van der Waals surface area (Å²) in [7, 11) is 4.76. The van der Waals surface area contributed by atoms with Gasteiger partial charge in [-0.3, -0.25) is 4.90 Å². The highest BCUT2D eigenvalue weighted by Gasteiger charge is 2.53. The number of hydrogen-bond donors (Lipinski definition) is 8. The van der Waals surface area contributed by atoms with Crippen LogP contribution in [0.4, 0.5) is 0 Å². The molecule has 14 heteroatoms. The van der Waals surface area contributed by atoms with Gasteiger partial charge in [0, 0.05) is 46.6 Å². The monoisotopic (exact) mass is 940 g/mol. The van der Waals surface area contributed by atoms with Crippen LogP contribution in [0.5, 0.6) is 0 Å². The van der Waals surface area contributed by atoms with Gasteiger partial charge in [0.25, 0.3) is 0 Å². The lowest BCUT2D eigenvalue weighted by atomic mass is 9.77. The van der Waals surface area contributed by atoms with Gasteiger partial charge in [-0.05, 0) is 119 Å². The molecule has 3 aliphatic heterocycles. The minimum absolute atomic E-state index is 0.141. The Balaban J connectivity index is 1.65. The number of aliphatic hydroxyl groups excluding tert-OH is 7. The number of ether oxygens (including phenoxy) is 5. The number of aliphatic hydroxyl groups is 8. The van der Waals surface area contributed by atoms with Crippen molar-refractivity contribution in [3.63, 3.8) is 0 Å². The molecule has 0 spiro atoms. The summed E-state index contributed by atoms with van der Waals surface area (Å²) in [6.07, 6.45) is 7.99. The number of hydrogen-bond acceptors (Lipinski definition) is 14. The zero-order valence-electron chi connectivity index (χ0n) is 42.1. The van der Waals surface area contributed by atoms with Gasteiger partial charge in [0.05, 0.1) is 54.9 Å². The number of methoxy groups -OCH3 is 3. The van der Waals surface area contributed by atoms with Crippen molar-refractivity contribution in [3.05, 3.63) is 36.0 Å². The molecule has 0 aromatic rings. The van der Waals surface area contributed by atoms with Crippen molar-refractivity contribution in [1.29, 1.82) is 0 Å². The molecule has 1 aliphatic carbocycles. The minimum Gasteiger partial charge on any atom is -0.393 e. The molecule has 21 unspecified atom stereocenters. The van der Waals surface area contributed by atoms with E-state index in [1.54, 1.807) is 19.1 Å². The van der Waals surface area contributed by atoms with E-state index in [2.05, 4.69) is 19.9 Å². The maximum Gasteiger partial charge on any atom is 0.198 e. The number of nitrogens with zero attached hydrogens (tertiary/aromatic N) is 1. The van der Waals surface area contributed by atoms with Gasteiger partial charge in [0.1, 0.15) is 18.4 Å². The smallest absolute Gasteiger partial charge is 0.198 e. The van der Waals surface area contributed by atoms with Gasteiger partial charge in [-0.1, -0.05) is 78.3 Å². The average molecular weight is 940 g/mol. The predicted octanol–water partition coefficient (Wildman–Crippen LogP) is 5.61. The second-order valence-electron chi connectivity index (χ2n) is 21.3. The lowest BCUT2D eigenvalue weighted by molar-refractivity contribution is -0.347. The van der Waals surface area contributed by atoms with E-state index >= 15 is 0 Å². The molecule has 14 nitrogen and oxygen atoms in total. The summed E-state index contributed by atoms with van der Waals surface area (Å²) in [5.74, 6) is -3.04. The standard InChI is InChI=1S/C52H93NO13/c1-31-16-12-11-13-17-32(2)43(62-8)29-39-23-21-37(7)52(61,66-39)49(58)50(59)53-25-15-14-18-40(53)51(60)65-44(35(5)27-38-22-24-41(54)45(28-38)63-9)30-42(55)34(4)26-36(6)47(57)48(64-10)46(56)33(3)20-19-31/h11-13,16-17,31,33-51,54-61H,14-15,18-30H2,1-10H3. The lowest BCUT2D eigenvalue weighted by Crippen LogP contribution is -2.65. The Morgan fingerprint density at radius 2 is 1.44 bits per heavy atom. The quantitative estimate of drug-likeness (QED) is 0.163. The van der Waals surface area contributed by atoms with Crippen LogP contribution in [0.3, 0.4) is 0 Å². The first-order valence-corrected chi connectivity index (χ1v) is 25.4. The van der Waals surface area contributed by atoms with Crippen LogP contribution in [0.15, 0.2) is 36.0 Å². The van der Waals surface area contributed by atoms with E-state index in [0.29, 0.717) is 64.3 Å². The van der Waals surface area contributed by atoms with Crippen molar-refractivity contribution in [3.8, 4) is 0 Å². The summed E-state index contributed by atoms with van der Waals surface area (Å²) >= 11 is 0. The fraction of sp³-hybridized carbons (Fsp3) is 0.885. The van der Waals surface area contributed by atoms with Gasteiger partial charge in [-0.2, -0.15) is 0 Å². The summed E-state index contributed by atoms with van der Waals surface area (Å²) in [5, 5.41) is 93.6. The molecule has 0 aromatic heterocycles. The van der Waals surface area contributed by atoms with Crippen LogP contribution in [0.2, 0.25) is 0 Å². The Kier molecular flexibility index (Phi) is 23.7. The topological polar surface area (TPSA) is 211 Å². The van der Waals surface area contributed by atoms with E-state index in [4.69, 9.17) is 23.7 Å². The highest BCUT2D eigenvalue weighted by Crippen LogP contribution is 2.40. The van der Waals surface area contributed by atoms with E-state index in [-0.39, 0.29) is 54.1 Å². The molecule has 3 fully saturated rings. The van der Waals surface area contributed by atoms with Gasteiger partial charge in [-0.15, -0.1) is 0 Å². The maximum atomic E-state index is 12.1. The third-order valence-electron chi connectivity index (χ3n) is 16.1. The minimum atomic E-state index is -2.08. The molecule has 2 bridgehead atoms. The molecule has 4 rings (SSSR count). The molecule has 2 saturated heterocycles. The van der Waals surface area contributed by atoms with Crippen molar-refractivity contribution < 1.29 is 64.5 Å². The van der Waals surface area contributed by atoms with Crippen LogP contribution in [-0.4, -0.2) is 159 Å². The Labute approximate surface area is 397 Å². The molecule has 3 heterocycles. The number of allylic oxidation sites excluding steroid dienone is 5. The van der Waals surface area contributed by atoms with E-state index in [1.165, 1.54) is 7.11 Å². The van der Waals surface area contributed by atoms with Crippen molar-refractivity contribution >= 4 is 0 Å². The SMILES string of the molecule is COC1CC2CCC(C)C(O)(O2)C(O)C(O)N2CCCCC2C(O)OC(C(C)CC2CCC(O)C(OC)C2)CC(O)C(C)CC(C)C(O)C(OC)C(O)C(C)CCC(C)C=CC=CC=C1C. The highest BCUT2D eigenvalue weighted by atomic mass is 16.7. The summed E-state index contributed by atoms with van der Waals surface area (Å²) in [6, 6.07) is -0.735. The van der Waals surface area contributed by atoms with Gasteiger partial charge in [-0.25, -0.2) is 0 Å². The fourth-order valence-corrected chi connectivity index (χ4v) is 11.3. The third-order valence-corrected chi connectivity index (χ3v) is 16.1. The van der Waals surface area contributed by atoms with Gasteiger partial charge < -0.3 is 64.5 Å². The van der Waals surface area contributed by atoms with E-state index in [9.17, 15) is 40.9 Å². The van der Waals surface area contributed by atoms with Crippen molar-refractivity contribution in [2.75, 3.05) is 27.9 Å². The van der Waals surface area contributed by atoms with Crippen molar-refractivity contribution in [2.24, 2.45) is 41.4 Å². The Morgan fingerprint density at radius 3 is 2.12 bits per heavy atom. The zero-order valence-corrected chi connectivity index (χ0v) is 42.1.